The molecule has 20 heavy (non-hydrogen) atoms. The Labute approximate surface area is 113 Å². The van der Waals surface area contributed by atoms with Crippen molar-refractivity contribution in [2.24, 2.45) is 5.92 Å². The van der Waals surface area contributed by atoms with Gasteiger partial charge in [-0.25, -0.2) is 4.39 Å². The minimum atomic E-state index is -1.06. The highest BCUT2D eigenvalue weighted by molar-refractivity contribution is 5.95. The number of hydrogen-bond donors (Lipinski definition) is 2. The van der Waals surface area contributed by atoms with Crippen molar-refractivity contribution < 1.29 is 24.0 Å². The standard InChI is InChI=1S/C12H13FN2O5/c1-2-7(12(17)18)6-14-11(16)8-3-9(13)5-10(4-8)15(19)20/h3-5,7H,2,6H2,1H3,(H,14,16)(H,17,18). The van der Waals surface area contributed by atoms with E-state index < -0.39 is 34.2 Å². The first-order valence-corrected chi connectivity index (χ1v) is 5.81. The van der Waals surface area contributed by atoms with Gasteiger partial charge in [0.25, 0.3) is 11.6 Å². The lowest BCUT2D eigenvalue weighted by Gasteiger charge is -2.11. The van der Waals surface area contributed by atoms with Crippen LogP contribution < -0.4 is 5.32 Å². The van der Waals surface area contributed by atoms with E-state index in [1.807, 2.05) is 0 Å². The number of halogens is 1. The molecular weight excluding hydrogens is 271 g/mol. The Bertz CT molecular complexity index is 547. The Hall–Kier alpha value is -2.51. The third kappa shape index (κ3) is 4.01. The van der Waals surface area contributed by atoms with Crippen LogP contribution in [0.3, 0.4) is 0 Å². The molecule has 1 rings (SSSR count). The lowest BCUT2D eigenvalue weighted by Crippen LogP contribution is -2.32. The molecule has 1 aromatic rings. The van der Waals surface area contributed by atoms with Crippen LogP contribution in [0.2, 0.25) is 0 Å². The molecule has 0 saturated carbocycles. The lowest BCUT2D eigenvalue weighted by molar-refractivity contribution is -0.385. The Morgan fingerprint density at radius 2 is 2.10 bits per heavy atom. The second-order valence-electron chi connectivity index (χ2n) is 4.11. The van der Waals surface area contributed by atoms with Gasteiger partial charge in [-0.15, -0.1) is 0 Å². The van der Waals surface area contributed by atoms with Gasteiger partial charge in [0.2, 0.25) is 0 Å². The highest BCUT2D eigenvalue weighted by atomic mass is 19.1. The average Bonchev–Trinajstić information content (AvgIpc) is 2.37. The highest BCUT2D eigenvalue weighted by Crippen LogP contribution is 2.16. The Morgan fingerprint density at radius 1 is 1.45 bits per heavy atom. The number of carboxylic acid groups (broad SMARTS) is 1. The molecule has 0 fully saturated rings. The number of nitrogens with one attached hydrogen (secondary N) is 1. The maximum atomic E-state index is 13.2. The maximum absolute atomic E-state index is 13.2. The molecule has 108 valence electrons. The van der Waals surface area contributed by atoms with Crippen LogP contribution in [0.4, 0.5) is 10.1 Å². The number of benzene rings is 1. The second-order valence-corrected chi connectivity index (χ2v) is 4.11. The van der Waals surface area contributed by atoms with E-state index in [0.717, 1.165) is 12.1 Å². The normalized spacial score (nSPS) is 11.7. The number of rotatable bonds is 6. The van der Waals surface area contributed by atoms with Gasteiger partial charge < -0.3 is 10.4 Å². The van der Waals surface area contributed by atoms with Crippen LogP contribution in [0.1, 0.15) is 23.7 Å². The quantitative estimate of drug-likeness (QED) is 0.608. The van der Waals surface area contributed by atoms with E-state index in [4.69, 9.17) is 5.11 Å². The van der Waals surface area contributed by atoms with Crippen molar-refractivity contribution in [3.8, 4) is 0 Å². The molecule has 0 aliphatic heterocycles. The van der Waals surface area contributed by atoms with Crippen molar-refractivity contribution in [3.63, 3.8) is 0 Å². The van der Waals surface area contributed by atoms with Crippen molar-refractivity contribution >= 4 is 17.6 Å². The summed E-state index contributed by atoms with van der Waals surface area (Å²) >= 11 is 0. The van der Waals surface area contributed by atoms with Crippen LogP contribution in [0.15, 0.2) is 18.2 Å². The van der Waals surface area contributed by atoms with Crippen LogP contribution in [0.25, 0.3) is 0 Å². The number of nitrogens with zero attached hydrogens (tertiary/aromatic N) is 1. The fourth-order valence-electron chi connectivity index (χ4n) is 1.53. The number of carbonyl (C=O) groups excluding carboxylic acids is 1. The molecule has 0 bridgehead atoms. The monoisotopic (exact) mass is 284 g/mol. The predicted octanol–water partition coefficient (Wildman–Crippen LogP) is 1.57. The van der Waals surface area contributed by atoms with E-state index in [2.05, 4.69) is 5.32 Å². The summed E-state index contributed by atoms with van der Waals surface area (Å²) in [5.41, 5.74) is -0.766. The van der Waals surface area contributed by atoms with E-state index >= 15 is 0 Å². The molecule has 0 aromatic heterocycles. The summed E-state index contributed by atoms with van der Waals surface area (Å²) in [5, 5.41) is 21.7. The fraction of sp³-hybridized carbons (Fsp3) is 0.333. The zero-order valence-corrected chi connectivity index (χ0v) is 10.6. The van der Waals surface area contributed by atoms with E-state index in [1.165, 1.54) is 0 Å². The lowest BCUT2D eigenvalue weighted by atomic mass is 10.1. The van der Waals surface area contributed by atoms with Gasteiger partial charge in [0, 0.05) is 18.2 Å². The van der Waals surface area contributed by atoms with E-state index in [1.54, 1.807) is 6.92 Å². The average molecular weight is 284 g/mol. The number of nitro benzene ring substituents is 1. The largest absolute Gasteiger partial charge is 0.481 e. The zero-order chi connectivity index (χ0) is 15.3. The molecule has 0 spiro atoms. The molecule has 1 atom stereocenters. The summed E-state index contributed by atoms with van der Waals surface area (Å²) in [6.07, 6.45) is 0.318. The predicted molar refractivity (Wildman–Crippen MR) is 66.8 cm³/mol. The van der Waals surface area contributed by atoms with Crippen molar-refractivity contribution in [2.45, 2.75) is 13.3 Å². The first-order chi connectivity index (χ1) is 9.35. The van der Waals surface area contributed by atoms with Gasteiger partial charge in [0.1, 0.15) is 5.82 Å². The number of non-ortho nitro benzene ring substituents is 1. The molecule has 0 heterocycles. The SMILES string of the molecule is CCC(CNC(=O)c1cc(F)cc([N+](=O)[O-])c1)C(=O)O. The first kappa shape index (κ1) is 15.5. The molecule has 8 heteroatoms. The van der Waals surface area contributed by atoms with E-state index in [0.29, 0.717) is 12.5 Å². The van der Waals surface area contributed by atoms with Crippen LogP contribution in [0.5, 0.6) is 0 Å². The van der Waals surface area contributed by atoms with Gasteiger partial charge >= 0.3 is 5.97 Å². The molecule has 0 aliphatic rings. The third-order valence-electron chi connectivity index (χ3n) is 2.71. The molecule has 0 aliphatic carbocycles. The molecule has 0 saturated heterocycles. The van der Waals surface area contributed by atoms with Crippen LogP contribution in [-0.4, -0.2) is 28.5 Å². The van der Waals surface area contributed by atoms with E-state index in [-0.39, 0.29) is 12.1 Å². The summed E-state index contributed by atoms with van der Waals surface area (Å²) in [7, 11) is 0. The topological polar surface area (TPSA) is 110 Å². The summed E-state index contributed by atoms with van der Waals surface area (Å²) in [6.45, 7) is 1.52. The number of aliphatic carboxylic acids is 1. The minimum Gasteiger partial charge on any atom is -0.481 e. The van der Waals surface area contributed by atoms with Gasteiger partial charge in [-0.1, -0.05) is 6.92 Å². The van der Waals surface area contributed by atoms with Crippen LogP contribution in [0, 0.1) is 21.8 Å². The summed E-state index contributed by atoms with van der Waals surface area (Å²) in [5.74, 6) is -3.48. The molecule has 0 radical (unpaired) electrons. The van der Waals surface area contributed by atoms with Crippen molar-refractivity contribution in [1.29, 1.82) is 0 Å². The first-order valence-electron chi connectivity index (χ1n) is 5.81. The number of nitro groups is 1. The van der Waals surface area contributed by atoms with Gasteiger partial charge in [-0.05, 0) is 12.5 Å². The van der Waals surface area contributed by atoms with Crippen molar-refractivity contribution in [3.05, 3.63) is 39.7 Å². The molecule has 1 unspecified atom stereocenters. The molecule has 1 amide bonds. The van der Waals surface area contributed by atoms with Gasteiger partial charge in [-0.2, -0.15) is 0 Å². The Balaban J connectivity index is 2.82. The fourth-order valence-corrected chi connectivity index (χ4v) is 1.53. The van der Waals surface area contributed by atoms with Crippen LogP contribution in [-0.2, 0) is 4.79 Å². The number of hydrogen-bond acceptors (Lipinski definition) is 4. The molecular formula is C12H13FN2O5. The van der Waals surface area contributed by atoms with Gasteiger partial charge in [0.15, 0.2) is 0 Å². The van der Waals surface area contributed by atoms with Gasteiger partial charge in [-0.3, -0.25) is 19.7 Å². The van der Waals surface area contributed by atoms with Crippen molar-refractivity contribution in [1.82, 2.24) is 5.32 Å². The van der Waals surface area contributed by atoms with Crippen LogP contribution >= 0.6 is 0 Å². The Kier molecular flexibility index (Phi) is 5.13. The van der Waals surface area contributed by atoms with Crippen molar-refractivity contribution in [2.75, 3.05) is 6.54 Å². The molecule has 1 aromatic carbocycles. The molecule has 7 nitrogen and oxygen atoms in total. The summed E-state index contributed by atoms with van der Waals surface area (Å²) < 4.78 is 13.2. The second kappa shape index (κ2) is 6.60. The number of carboxylic acids is 1. The van der Waals surface area contributed by atoms with Gasteiger partial charge in [0.05, 0.1) is 16.9 Å². The summed E-state index contributed by atoms with van der Waals surface area (Å²) in [4.78, 5) is 32.2. The maximum Gasteiger partial charge on any atom is 0.308 e. The molecule has 2 N–H and O–H groups in total. The minimum absolute atomic E-state index is 0.130. The summed E-state index contributed by atoms with van der Waals surface area (Å²) in [6, 6.07) is 2.48. The zero-order valence-electron chi connectivity index (χ0n) is 10.6. The smallest absolute Gasteiger partial charge is 0.308 e. The third-order valence-corrected chi connectivity index (χ3v) is 2.71. The highest BCUT2D eigenvalue weighted by Gasteiger charge is 2.18. The number of amides is 1. The number of carbonyl (C=O) groups is 2. The Morgan fingerprint density at radius 3 is 2.60 bits per heavy atom. The van der Waals surface area contributed by atoms with E-state index in [9.17, 15) is 24.1 Å².